The summed E-state index contributed by atoms with van der Waals surface area (Å²) in [5, 5.41) is 5.35. The van der Waals surface area contributed by atoms with Crippen LogP contribution in [0.4, 0.5) is 5.95 Å². The maximum atomic E-state index is 12.6. The number of nitrogens with zero attached hydrogens (tertiary/aromatic N) is 2. The Bertz CT molecular complexity index is 1130. The lowest BCUT2D eigenvalue weighted by molar-refractivity contribution is -0.121. The summed E-state index contributed by atoms with van der Waals surface area (Å²) in [7, 11) is 0. The van der Waals surface area contributed by atoms with Crippen LogP contribution in [0.2, 0.25) is 0 Å². The summed E-state index contributed by atoms with van der Waals surface area (Å²) in [4.78, 5) is 34.7. The van der Waals surface area contributed by atoms with Crippen molar-refractivity contribution in [2.24, 2.45) is 0 Å². The molecule has 0 unspecified atom stereocenters. The van der Waals surface area contributed by atoms with Crippen molar-refractivity contribution in [2.75, 3.05) is 31.2 Å². The molecule has 2 heterocycles. The fraction of sp³-hybridized carbons (Fsp3) is 0.375. The Kier molecular flexibility index (Phi) is 6.32. The van der Waals surface area contributed by atoms with Crippen LogP contribution in [-0.2, 0) is 16.0 Å². The number of anilines is 1. The molecule has 1 aliphatic rings. The number of benzene rings is 2. The Morgan fingerprint density at radius 2 is 1.94 bits per heavy atom. The van der Waals surface area contributed by atoms with Gasteiger partial charge in [-0.3, -0.25) is 14.6 Å². The Labute approximate surface area is 181 Å². The highest BCUT2D eigenvalue weighted by Crippen LogP contribution is 2.24. The molecule has 0 radical (unpaired) electrons. The molecule has 1 aromatic heterocycles. The topological polar surface area (TPSA) is 87.3 Å². The first-order valence-corrected chi connectivity index (χ1v) is 10.7. The van der Waals surface area contributed by atoms with Crippen molar-refractivity contribution in [3.05, 3.63) is 69.6 Å². The van der Waals surface area contributed by atoms with Gasteiger partial charge in [0.1, 0.15) is 0 Å². The van der Waals surface area contributed by atoms with Gasteiger partial charge in [-0.05, 0) is 36.6 Å². The van der Waals surface area contributed by atoms with Gasteiger partial charge in [0.05, 0.1) is 19.3 Å². The zero-order chi connectivity index (χ0) is 21.8. The lowest BCUT2D eigenvalue weighted by Gasteiger charge is -2.27. The van der Waals surface area contributed by atoms with Crippen LogP contribution in [-0.4, -0.2) is 42.2 Å². The second-order valence-corrected chi connectivity index (χ2v) is 7.91. The number of morpholine rings is 1. The molecule has 1 fully saturated rings. The van der Waals surface area contributed by atoms with Crippen molar-refractivity contribution in [3.8, 4) is 0 Å². The molecule has 0 saturated carbocycles. The third kappa shape index (κ3) is 4.77. The van der Waals surface area contributed by atoms with E-state index in [1.807, 2.05) is 43.0 Å². The Balaban J connectivity index is 1.41. The molecule has 0 spiro atoms. The predicted molar refractivity (Wildman–Crippen MR) is 121 cm³/mol. The van der Waals surface area contributed by atoms with E-state index >= 15 is 0 Å². The van der Waals surface area contributed by atoms with Crippen LogP contribution in [0.25, 0.3) is 10.8 Å². The summed E-state index contributed by atoms with van der Waals surface area (Å²) in [6.45, 7) is 6.47. The highest BCUT2D eigenvalue weighted by Gasteiger charge is 2.17. The van der Waals surface area contributed by atoms with E-state index < -0.39 is 0 Å². The van der Waals surface area contributed by atoms with Crippen molar-refractivity contribution < 1.29 is 9.53 Å². The highest BCUT2D eigenvalue weighted by molar-refractivity contribution is 5.86. The first-order valence-electron chi connectivity index (χ1n) is 10.7. The third-order valence-corrected chi connectivity index (χ3v) is 5.79. The molecule has 3 aromatic rings. The van der Waals surface area contributed by atoms with Gasteiger partial charge < -0.3 is 15.0 Å². The normalized spacial score (nSPS) is 15.1. The second kappa shape index (κ2) is 9.31. The largest absolute Gasteiger partial charge is 0.378 e. The summed E-state index contributed by atoms with van der Waals surface area (Å²) in [6, 6.07) is 14.1. The molecule has 31 heavy (non-hydrogen) atoms. The van der Waals surface area contributed by atoms with E-state index in [-0.39, 0.29) is 23.9 Å². The van der Waals surface area contributed by atoms with Crippen molar-refractivity contribution in [2.45, 2.75) is 32.7 Å². The lowest BCUT2D eigenvalue weighted by atomic mass is 9.99. The number of fused-ring (bicyclic) bond motifs is 1. The van der Waals surface area contributed by atoms with Gasteiger partial charge in [-0.15, -0.1) is 0 Å². The molecule has 1 amide bonds. The Morgan fingerprint density at radius 3 is 2.71 bits per heavy atom. The van der Waals surface area contributed by atoms with E-state index in [0.717, 1.165) is 16.3 Å². The Morgan fingerprint density at radius 1 is 1.19 bits per heavy atom. The Hall–Kier alpha value is -3.19. The summed E-state index contributed by atoms with van der Waals surface area (Å²) in [5.74, 6) is 0.486. The molecule has 7 nitrogen and oxygen atoms in total. The van der Waals surface area contributed by atoms with Gasteiger partial charge in [0.2, 0.25) is 11.9 Å². The van der Waals surface area contributed by atoms with Gasteiger partial charge in [0.15, 0.2) is 0 Å². The molecule has 1 atom stereocenters. The van der Waals surface area contributed by atoms with E-state index in [2.05, 4.69) is 33.5 Å². The minimum Gasteiger partial charge on any atom is -0.378 e. The van der Waals surface area contributed by atoms with Crippen LogP contribution in [0, 0.1) is 6.92 Å². The second-order valence-electron chi connectivity index (χ2n) is 7.91. The number of ether oxygens (including phenoxy) is 1. The maximum Gasteiger partial charge on any atom is 0.255 e. The number of carbonyl (C=O) groups is 1. The monoisotopic (exact) mass is 420 g/mol. The van der Waals surface area contributed by atoms with E-state index in [9.17, 15) is 9.59 Å². The SMILES string of the molecule is Cc1nc(N2CCOCC2)[nH]c(=O)c1CCC(=O)N[C@H](C)c1cccc2ccccc12. The van der Waals surface area contributed by atoms with Crippen LogP contribution >= 0.6 is 0 Å². The van der Waals surface area contributed by atoms with Crippen molar-refractivity contribution >= 4 is 22.6 Å². The smallest absolute Gasteiger partial charge is 0.255 e. The first kappa shape index (κ1) is 21.1. The highest BCUT2D eigenvalue weighted by atomic mass is 16.5. The van der Waals surface area contributed by atoms with Crippen LogP contribution in [0.5, 0.6) is 0 Å². The van der Waals surface area contributed by atoms with Crippen molar-refractivity contribution in [1.82, 2.24) is 15.3 Å². The third-order valence-electron chi connectivity index (χ3n) is 5.79. The van der Waals surface area contributed by atoms with Gasteiger partial charge in [-0.1, -0.05) is 42.5 Å². The van der Waals surface area contributed by atoms with Crippen LogP contribution in [0.15, 0.2) is 47.3 Å². The van der Waals surface area contributed by atoms with Crippen molar-refractivity contribution in [1.29, 1.82) is 0 Å². The number of aromatic nitrogens is 2. The van der Waals surface area contributed by atoms with E-state index in [1.54, 1.807) is 0 Å². The standard InChI is InChI=1S/C24H28N4O3/c1-16(19-9-5-7-18-6-3-4-8-21(18)19)25-22(29)11-10-20-17(2)26-24(27-23(20)30)28-12-14-31-15-13-28/h3-9,16H,10-15H2,1-2H3,(H,25,29)(H,26,27,30)/t16-/m1/s1. The first-order chi connectivity index (χ1) is 15.0. The summed E-state index contributed by atoms with van der Waals surface area (Å²) in [6.07, 6.45) is 0.587. The van der Waals surface area contributed by atoms with Crippen molar-refractivity contribution in [3.63, 3.8) is 0 Å². The number of hydrogen-bond donors (Lipinski definition) is 2. The van der Waals surface area contributed by atoms with Gasteiger partial charge in [0.25, 0.3) is 5.56 Å². The zero-order valence-electron chi connectivity index (χ0n) is 18.0. The van der Waals surface area contributed by atoms with E-state index in [0.29, 0.717) is 49.9 Å². The number of rotatable bonds is 6. The number of aromatic amines is 1. The van der Waals surface area contributed by atoms with Gasteiger partial charge in [0, 0.05) is 30.8 Å². The molecule has 4 rings (SSSR count). The molecule has 1 aliphatic heterocycles. The molecule has 2 aromatic carbocycles. The van der Waals surface area contributed by atoms with Crippen LogP contribution < -0.4 is 15.8 Å². The average Bonchev–Trinajstić information content (AvgIpc) is 2.78. The van der Waals surface area contributed by atoms with Gasteiger partial charge >= 0.3 is 0 Å². The predicted octanol–water partition coefficient (Wildman–Crippen LogP) is 2.88. The molecule has 0 aliphatic carbocycles. The minimum absolute atomic E-state index is 0.0866. The van der Waals surface area contributed by atoms with E-state index in [4.69, 9.17) is 4.74 Å². The maximum absolute atomic E-state index is 12.6. The summed E-state index contributed by atoms with van der Waals surface area (Å²) >= 11 is 0. The molecule has 0 bridgehead atoms. The summed E-state index contributed by atoms with van der Waals surface area (Å²) < 4.78 is 5.35. The summed E-state index contributed by atoms with van der Waals surface area (Å²) in [5.41, 5.74) is 2.13. The minimum atomic E-state index is -0.177. The molecule has 2 N–H and O–H groups in total. The number of hydrogen-bond acceptors (Lipinski definition) is 5. The number of aryl methyl sites for hydroxylation is 1. The molecule has 7 heteroatoms. The number of H-pyrrole nitrogens is 1. The van der Waals surface area contributed by atoms with Gasteiger partial charge in [-0.2, -0.15) is 0 Å². The molecule has 1 saturated heterocycles. The molecular weight excluding hydrogens is 392 g/mol. The van der Waals surface area contributed by atoms with Gasteiger partial charge in [-0.25, -0.2) is 4.98 Å². The number of carbonyl (C=O) groups excluding carboxylic acids is 1. The lowest BCUT2D eigenvalue weighted by Crippen LogP contribution is -2.38. The average molecular weight is 421 g/mol. The van der Waals surface area contributed by atoms with Crippen LogP contribution in [0.1, 0.15) is 36.2 Å². The number of amides is 1. The molecular formula is C24H28N4O3. The zero-order valence-corrected chi connectivity index (χ0v) is 18.0. The number of nitrogens with one attached hydrogen (secondary N) is 2. The quantitative estimate of drug-likeness (QED) is 0.640. The van der Waals surface area contributed by atoms with Crippen LogP contribution in [0.3, 0.4) is 0 Å². The van der Waals surface area contributed by atoms with E-state index in [1.165, 1.54) is 0 Å². The molecule has 162 valence electrons. The fourth-order valence-electron chi connectivity index (χ4n) is 4.07. The fourth-order valence-corrected chi connectivity index (χ4v) is 4.07.